The van der Waals surface area contributed by atoms with E-state index < -0.39 is 21.8 Å². The van der Waals surface area contributed by atoms with Gasteiger partial charge in [-0.05, 0) is 42.5 Å². The molecular formula is C22H15F3N2O3S. The van der Waals surface area contributed by atoms with Gasteiger partial charge in [0.2, 0.25) is 5.89 Å². The molecule has 0 aliphatic heterocycles. The number of hydrogen-bond acceptors (Lipinski definition) is 4. The highest BCUT2D eigenvalue weighted by Gasteiger charge is 2.30. The predicted molar refractivity (Wildman–Crippen MR) is 110 cm³/mol. The molecule has 4 aromatic rings. The van der Waals surface area contributed by atoms with Crippen molar-refractivity contribution in [1.29, 1.82) is 0 Å². The van der Waals surface area contributed by atoms with Crippen LogP contribution >= 0.6 is 0 Å². The number of alkyl halides is 3. The van der Waals surface area contributed by atoms with Gasteiger partial charge in [-0.2, -0.15) is 13.2 Å². The summed E-state index contributed by atoms with van der Waals surface area (Å²) in [6, 6.07) is 19.1. The zero-order valence-corrected chi connectivity index (χ0v) is 16.6. The SMILES string of the molecule is O=S(=O)(Nc1cccc(C(F)(F)F)c1)c1ccc(-c2ncc(-c3ccccc3)o2)cc1. The van der Waals surface area contributed by atoms with Crippen LogP contribution in [0.3, 0.4) is 0 Å². The third-order valence-electron chi connectivity index (χ3n) is 4.42. The molecule has 1 aromatic heterocycles. The minimum atomic E-state index is -4.57. The van der Waals surface area contributed by atoms with Crippen molar-refractivity contribution in [3.8, 4) is 22.8 Å². The number of aromatic nitrogens is 1. The Labute approximate surface area is 176 Å². The quantitative estimate of drug-likeness (QED) is 0.421. The number of nitrogens with zero attached hydrogens (tertiary/aromatic N) is 1. The van der Waals surface area contributed by atoms with Crippen molar-refractivity contribution in [2.75, 3.05) is 4.72 Å². The van der Waals surface area contributed by atoms with Crippen LogP contribution < -0.4 is 4.72 Å². The Morgan fingerprint density at radius 2 is 1.55 bits per heavy atom. The monoisotopic (exact) mass is 444 g/mol. The Hall–Kier alpha value is -3.59. The van der Waals surface area contributed by atoms with Crippen LogP contribution in [0.25, 0.3) is 22.8 Å². The lowest BCUT2D eigenvalue weighted by molar-refractivity contribution is -0.137. The zero-order valence-electron chi connectivity index (χ0n) is 15.8. The maximum absolute atomic E-state index is 12.8. The number of sulfonamides is 1. The maximum Gasteiger partial charge on any atom is 0.416 e. The van der Waals surface area contributed by atoms with Crippen molar-refractivity contribution in [2.45, 2.75) is 11.1 Å². The van der Waals surface area contributed by atoms with E-state index in [0.717, 1.165) is 23.8 Å². The van der Waals surface area contributed by atoms with Crippen molar-refractivity contribution in [2.24, 2.45) is 0 Å². The number of halogens is 3. The first-order chi connectivity index (χ1) is 14.7. The fourth-order valence-corrected chi connectivity index (χ4v) is 3.94. The van der Waals surface area contributed by atoms with Gasteiger partial charge in [0.15, 0.2) is 5.76 Å². The summed E-state index contributed by atoms with van der Waals surface area (Å²) >= 11 is 0. The first-order valence-electron chi connectivity index (χ1n) is 9.04. The van der Waals surface area contributed by atoms with Gasteiger partial charge in [-0.15, -0.1) is 0 Å². The Morgan fingerprint density at radius 1 is 0.839 bits per heavy atom. The summed E-state index contributed by atoms with van der Waals surface area (Å²) in [7, 11) is -4.08. The van der Waals surface area contributed by atoms with E-state index >= 15 is 0 Å². The zero-order chi connectivity index (χ0) is 22.1. The highest BCUT2D eigenvalue weighted by atomic mass is 32.2. The minimum absolute atomic E-state index is 0.108. The standard InChI is InChI=1S/C22H15F3N2O3S/c23-22(24,25)17-7-4-8-18(13-17)27-31(28,29)19-11-9-16(10-12-19)21-26-14-20(30-21)15-5-2-1-3-6-15/h1-14,27H. The molecule has 0 fully saturated rings. The molecule has 9 heteroatoms. The average molecular weight is 444 g/mol. The van der Waals surface area contributed by atoms with Crippen LogP contribution in [-0.4, -0.2) is 13.4 Å². The summed E-state index contributed by atoms with van der Waals surface area (Å²) < 4.78 is 71.6. The molecule has 0 bridgehead atoms. The van der Waals surface area contributed by atoms with Gasteiger partial charge in [0.1, 0.15) is 0 Å². The molecule has 0 unspecified atom stereocenters. The molecular weight excluding hydrogens is 429 g/mol. The van der Waals surface area contributed by atoms with Gasteiger partial charge in [0.25, 0.3) is 10.0 Å². The van der Waals surface area contributed by atoms with Gasteiger partial charge in [0.05, 0.1) is 16.7 Å². The normalized spacial score (nSPS) is 12.0. The van der Waals surface area contributed by atoms with Crippen LogP contribution in [-0.2, 0) is 16.2 Å². The van der Waals surface area contributed by atoms with Crippen LogP contribution in [0.1, 0.15) is 5.56 Å². The molecule has 0 saturated heterocycles. The molecule has 0 radical (unpaired) electrons. The largest absolute Gasteiger partial charge is 0.436 e. The van der Waals surface area contributed by atoms with E-state index in [4.69, 9.17) is 4.42 Å². The molecule has 0 spiro atoms. The summed E-state index contributed by atoms with van der Waals surface area (Å²) in [5.74, 6) is 0.882. The summed E-state index contributed by atoms with van der Waals surface area (Å²) in [6.07, 6.45) is -3.00. The second-order valence-corrected chi connectivity index (χ2v) is 8.29. The second-order valence-electron chi connectivity index (χ2n) is 6.60. The van der Waals surface area contributed by atoms with E-state index in [1.54, 1.807) is 6.20 Å². The fourth-order valence-electron chi connectivity index (χ4n) is 2.89. The van der Waals surface area contributed by atoms with Gasteiger partial charge in [-0.3, -0.25) is 4.72 Å². The summed E-state index contributed by atoms with van der Waals surface area (Å²) in [6.45, 7) is 0. The lowest BCUT2D eigenvalue weighted by atomic mass is 10.2. The number of benzene rings is 3. The Bertz CT molecular complexity index is 1300. The van der Waals surface area contributed by atoms with Crippen LogP contribution in [0.5, 0.6) is 0 Å². The lowest BCUT2D eigenvalue weighted by Crippen LogP contribution is -2.14. The molecule has 1 heterocycles. The molecule has 3 aromatic carbocycles. The summed E-state index contributed by atoms with van der Waals surface area (Å²) in [4.78, 5) is 4.11. The number of nitrogens with one attached hydrogen (secondary N) is 1. The Kier molecular flexibility index (Phi) is 5.28. The van der Waals surface area contributed by atoms with E-state index in [0.29, 0.717) is 17.2 Å². The third-order valence-corrected chi connectivity index (χ3v) is 5.81. The number of anilines is 1. The van der Waals surface area contributed by atoms with Gasteiger partial charge in [-0.1, -0.05) is 36.4 Å². The Balaban J connectivity index is 1.55. The predicted octanol–water partition coefficient (Wildman–Crippen LogP) is 5.83. The van der Waals surface area contributed by atoms with Gasteiger partial charge < -0.3 is 4.42 Å². The molecule has 4 rings (SSSR count). The molecule has 0 amide bonds. The first kappa shape index (κ1) is 20.7. The van der Waals surface area contributed by atoms with Crippen molar-refractivity contribution in [1.82, 2.24) is 4.98 Å². The van der Waals surface area contributed by atoms with Crippen LogP contribution in [0, 0.1) is 0 Å². The molecule has 0 aliphatic carbocycles. The van der Waals surface area contributed by atoms with Crippen LogP contribution in [0.4, 0.5) is 18.9 Å². The second kappa shape index (κ2) is 7.92. The Morgan fingerprint density at radius 3 is 2.23 bits per heavy atom. The van der Waals surface area contributed by atoms with Gasteiger partial charge in [0, 0.05) is 16.8 Å². The molecule has 5 nitrogen and oxygen atoms in total. The van der Waals surface area contributed by atoms with Gasteiger partial charge in [-0.25, -0.2) is 13.4 Å². The van der Waals surface area contributed by atoms with E-state index in [-0.39, 0.29) is 10.6 Å². The smallest absolute Gasteiger partial charge is 0.416 e. The average Bonchev–Trinajstić information content (AvgIpc) is 3.24. The fraction of sp³-hybridized carbons (Fsp3) is 0.0455. The molecule has 0 aliphatic rings. The van der Waals surface area contributed by atoms with Crippen molar-refractivity contribution < 1.29 is 26.0 Å². The lowest BCUT2D eigenvalue weighted by Gasteiger charge is -2.11. The van der Waals surface area contributed by atoms with E-state index in [9.17, 15) is 21.6 Å². The first-order valence-corrected chi connectivity index (χ1v) is 10.5. The highest BCUT2D eigenvalue weighted by Crippen LogP contribution is 2.31. The number of rotatable bonds is 5. The van der Waals surface area contributed by atoms with E-state index in [2.05, 4.69) is 9.71 Å². The van der Waals surface area contributed by atoms with Crippen LogP contribution in [0.15, 0.2) is 94.4 Å². The third kappa shape index (κ3) is 4.61. The molecule has 0 saturated carbocycles. The highest BCUT2D eigenvalue weighted by molar-refractivity contribution is 7.92. The molecule has 0 atom stereocenters. The molecule has 31 heavy (non-hydrogen) atoms. The molecule has 1 N–H and O–H groups in total. The van der Waals surface area contributed by atoms with Crippen LogP contribution in [0.2, 0.25) is 0 Å². The van der Waals surface area contributed by atoms with Gasteiger partial charge >= 0.3 is 6.18 Å². The minimum Gasteiger partial charge on any atom is -0.436 e. The van der Waals surface area contributed by atoms with E-state index in [1.807, 2.05) is 30.3 Å². The number of oxazole rings is 1. The summed E-state index contributed by atoms with van der Waals surface area (Å²) in [5, 5.41) is 0. The maximum atomic E-state index is 12.8. The van der Waals surface area contributed by atoms with Crippen molar-refractivity contribution in [3.05, 3.63) is 90.6 Å². The van der Waals surface area contributed by atoms with Crippen molar-refractivity contribution in [3.63, 3.8) is 0 Å². The topological polar surface area (TPSA) is 72.2 Å². The molecule has 158 valence electrons. The van der Waals surface area contributed by atoms with E-state index in [1.165, 1.54) is 30.3 Å². The summed E-state index contributed by atoms with van der Waals surface area (Å²) in [5.41, 5.74) is 0.284. The number of hydrogen-bond donors (Lipinski definition) is 1. The van der Waals surface area contributed by atoms with Crippen molar-refractivity contribution >= 4 is 15.7 Å².